The van der Waals surface area contributed by atoms with Crippen molar-refractivity contribution in [1.82, 2.24) is 15.0 Å². The molecule has 0 spiro atoms. The van der Waals surface area contributed by atoms with Crippen molar-refractivity contribution in [3.8, 4) is 0 Å². The van der Waals surface area contributed by atoms with Crippen molar-refractivity contribution in [2.75, 3.05) is 5.32 Å². The molecule has 4 nitrogen and oxygen atoms in total. The second-order valence-corrected chi connectivity index (χ2v) is 5.52. The Morgan fingerprint density at radius 2 is 1.90 bits per heavy atom. The van der Waals surface area contributed by atoms with Crippen LogP contribution >= 0.6 is 23.2 Å². The summed E-state index contributed by atoms with van der Waals surface area (Å²) in [6, 6.07) is 9.74. The van der Waals surface area contributed by atoms with Crippen LogP contribution in [-0.4, -0.2) is 15.0 Å². The lowest BCUT2D eigenvalue weighted by atomic mass is 10.1. The second kappa shape index (κ2) is 5.84. The molecule has 0 aliphatic heterocycles. The molecule has 1 aromatic carbocycles. The molecule has 106 valence electrons. The Morgan fingerprint density at radius 1 is 1.05 bits per heavy atom. The number of nitrogens with zero attached hydrogens (tertiary/aromatic N) is 3. The Hall–Kier alpha value is -1.91. The summed E-state index contributed by atoms with van der Waals surface area (Å²) in [5.41, 5.74) is 2.03. The van der Waals surface area contributed by atoms with E-state index in [0.29, 0.717) is 16.0 Å². The van der Waals surface area contributed by atoms with E-state index in [2.05, 4.69) is 33.3 Å². The molecule has 0 radical (unpaired) electrons. The lowest BCUT2D eigenvalue weighted by Gasteiger charge is -2.15. The van der Waals surface area contributed by atoms with E-state index >= 15 is 0 Å². The molecule has 6 heteroatoms. The van der Waals surface area contributed by atoms with Crippen molar-refractivity contribution in [2.45, 2.75) is 13.0 Å². The van der Waals surface area contributed by atoms with Crippen molar-refractivity contribution in [3.05, 3.63) is 58.6 Å². The van der Waals surface area contributed by atoms with E-state index in [1.807, 2.05) is 18.2 Å². The van der Waals surface area contributed by atoms with Crippen LogP contribution in [0.15, 0.2) is 42.9 Å². The molecule has 2 heterocycles. The largest absolute Gasteiger partial charge is 0.363 e. The van der Waals surface area contributed by atoms with Crippen molar-refractivity contribution in [2.24, 2.45) is 0 Å². The molecular formula is C15H12Cl2N4. The minimum atomic E-state index is 0.0688. The lowest BCUT2D eigenvalue weighted by Crippen LogP contribution is -2.08. The van der Waals surface area contributed by atoms with Crippen LogP contribution in [0.2, 0.25) is 10.2 Å². The molecule has 2 aromatic heterocycles. The van der Waals surface area contributed by atoms with Gasteiger partial charge in [-0.05, 0) is 30.7 Å². The van der Waals surface area contributed by atoms with Crippen LogP contribution in [0.5, 0.6) is 0 Å². The van der Waals surface area contributed by atoms with E-state index in [1.54, 1.807) is 12.3 Å². The van der Waals surface area contributed by atoms with Crippen LogP contribution in [-0.2, 0) is 0 Å². The molecule has 3 aromatic rings. The highest BCUT2D eigenvalue weighted by atomic mass is 35.5. The highest BCUT2D eigenvalue weighted by molar-refractivity contribution is 6.31. The molecule has 3 rings (SSSR count). The quantitative estimate of drug-likeness (QED) is 0.722. The maximum atomic E-state index is 5.99. The van der Waals surface area contributed by atoms with Crippen LogP contribution < -0.4 is 5.32 Å². The molecule has 0 saturated heterocycles. The molecule has 0 aliphatic rings. The van der Waals surface area contributed by atoms with E-state index in [0.717, 1.165) is 16.5 Å². The van der Waals surface area contributed by atoms with Gasteiger partial charge in [0.25, 0.3) is 0 Å². The topological polar surface area (TPSA) is 50.7 Å². The van der Waals surface area contributed by atoms with E-state index in [1.165, 1.54) is 6.33 Å². The predicted molar refractivity (Wildman–Crippen MR) is 85.8 cm³/mol. The van der Waals surface area contributed by atoms with Gasteiger partial charge in [0, 0.05) is 23.7 Å². The predicted octanol–water partition coefficient (Wildman–Crippen LogP) is 4.50. The van der Waals surface area contributed by atoms with Gasteiger partial charge in [-0.15, -0.1) is 0 Å². The third-order valence-electron chi connectivity index (χ3n) is 3.17. The summed E-state index contributed by atoms with van der Waals surface area (Å²) in [5.74, 6) is 0.687. The average Bonchev–Trinajstić information content (AvgIpc) is 2.46. The summed E-state index contributed by atoms with van der Waals surface area (Å²) in [5, 5.41) is 5.34. The zero-order valence-electron chi connectivity index (χ0n) is 11.2. The van der Waals surface area contributed by atoms with Crippen LogP contribution in [0.3, 0.4) is 0 Å². The van der Waals surface area contributed by atoms with Gasteiger partial charge in [-0.2, -0.15) is 0 Å². The van der Waals surface area contributed by atoms with E-state index in [-0.39, 0.29) is 6.04 Å². The maximum absolute atomic E-state index is 5.99. The Bertz CT molecular complexity index is 791. The number of aromatic nitrogens is 3. The van der Waals surface area contributed by atoms with Crippen LogP contribution in [0.25, 0.3) is 10.9 Å². The van der Waals surface area contributed by atoms with Crippen molar-refractivity contribution >= 4 is 39.9 Å². The smallest absolute Gasteiger partial charge is 0.134 e. The van der Waals surface area contributed by atoms with Gasteiger partial charge in [-0.25, -0.2) is 9.97 Å². The Labute approximate surface area is 132 Å². The number of hydrogen-bond donors (Lipinski definition) is 1. The minimum absolute atomic E-state index is 0.0688. The third-order valence-corrected chi connectivity index (χ3v) is 3.58. The Kier molecular flexibility index (Phi) is 3.90. The molecule has 21 heavy (non-hydrogen) atoms. The fourth-order valence-corrected chi connectivity index (χ4v) is 2.42. The molecule has 0 bridgehead atoms. The third kappa shape index (κ3) is 3.23. The zero-order chi connectivity index (χ0) is 14.8. The molecule has 1 N–H and O–H groups in total. The summed E-state index contributed by atoms with van der Waals surface area (Å²) < 4.78 is 0. The summed E-state index contributed by atoms with van der Waals surface area (Å²) in [6.45, 7) is 2.05. The number of pyridine rings is 1. The normalized spacial score (nSPS) is 12.3. The first kappa shape index (κ1) is 14.0. The van der Waals surface area contributed by atoms with Gasteiger partial charge in [0.15, 0.2) is 0 Å². The summed E-state index contributed by atoms with van der Waals surface area (Å²) in [6.07, 6.45) is 3.08. The molecule has 0 fully saturated rings. The zero-order valence-corrected chi connectivity index (χ0v) is 12.7. The molecule has 0 amide bonds. The van der Waals surface area contributed by atoms with Gasteiger partial charge in [0.05, 0.1) is 10.5 Å². The second-order valence-electron chi connectivity index (χ2n) is 4.70. The van der Waals surface area contributed by atoms with Gasteiger partial charge < -0.3 is 5.32 Å². The van der Waals surface area contributed by atoms with Crippen LogP contribution in [0.1, 0.15) is 18.5 Å². The highest BCUT2D eigenvalue weighted by Crippen LogP contribution is 2.24. The fourth-order valence-electron chi connectivity index (χ4n) is 2.11. The summed E-state index contributed by atoms with van der Waals surface area (Å²) in [7, 11) is 0. The van der Waals surface area contributed by atoms with Gasteiger partial charge in [-0.1, -0.05) is 29.3 Å². The number of nitrogens with one attached hydrogen (secondary N) is 1. The molecular weight excluding hydrogens is 307 g/mol. The fraction of sp³-hybridized carbons (Fsp3) is 0.133. The molecule has 1 unspecified atom stereocenters. The van der Waals surface area contributed by atoms with Gasteiger partial charge in [-0.3, -0.25) is 4.98 Å². The Morgan fingerprint density at radius 3 is 2.71 bits per heavy atom. The lowest BCUT2D eigenvalue weighted by molar-refractivity contribution is 0.873. The highest BCUT2D eigenvalue weighted by Gasteiger charge is 2.08. The van der Waals surface area contributed by atoms with Gasteiger partial charge in [0.2, 0.25) is 0 Å². The molecule has 1 atom stereocenters. The first-order valence-corrected chi connectivity index (χ1v) is 7.17. The summed E-state index contributed by atoms with van der Waals surface area (Å²) >= 11 is 11.8. The average molecular weight is 319 g/mol. The van der Waals surface area contributed by atoms with E-state index in [9.17, 15) is 0 Å². The summed E-state index contributed by atoms with van der Waals surface area (Å²) in [4.78, 5) is 12.3. The number of rotatable bonds is 3. The number of benzene rings is 1. The Balaban J connectivity index is 1.88. The molecule has 0 saturated carbocycles. The van der Waals surface area contributed by atoms with Crippen molar-refractivity contribution in [1.29, 1.82) is 0 Å². The number of halogens is 2. The number of hydrogen-bond acceptors (Lipinski definition) is 4. The van der Waals surface area contributed by atoms with E-state index < -0.39 is 0 Å². The minimum Gasteiger partial charge on any atom is -0.363 e. The SMILES string of the molecule is CC(Nc1cc(Cl)ncn1)c1ccc2ncc(Cl)cc2c1. The van der Waals surface area contributed by atoms with Crippen LogP contribution in [0.4, 0.5) is 5.82 Å². The van der Waals surface area contributed by atoms with E-state index in [4.69, 9.17) is 23.2 Å². The van der Waals surface area contributed by atoms with Gasteiger partial charge >= 0.3 is 0 Å². The standard InChI is InChI=1S/C15H12Cl2N4/c1-9(21-15-6-14(17)19-8-20-15)10-2-3-13-11(4-10)5-12(16)7-18-13/h2-9H,1H3,(H,19,20,21). The maximum Gasteiger partial charge on any atom is 0.134 e. The van der Waals surface area contributed by atoms with Gasteiger partial charge in [0.1, 0.15) is 17.3 Å². The number of fused-ring (bicyclic) bond motifs is 1. The van der Waals surface area contributed by atoms with Crippen molar-refractivity contribution in [3.63, 3.8) is 0 Å². The number of anilines is 1. The first-order valence-electron chi connectivity index (χ1n) is 6.41. The monoisotopic (exact) mass is 318 g/mol. The molecule has 0 aliphatic carbocycles. The van der Waals surface area contributed by atoms with Crippen LogP contribution in [0, 0.1) is 0 Å². The van der Waals surface area contributed by atoms with Crippen molar-refractivity contribution < 1.29 is 0 Å². The first-order chi connectivity index (χ1) is 10.1.